The fourth-order valence-electron chi connectivity index (χ4n) is 2.49. The summed E-state index contributed by atoms with van der Waals surface area (Å²) in [5.41, 5.74) is 5.97. The SMILES string of the molecule is CC(C)C(N)CCN(C)C(=O)CCCS(=O)(=O)N1CCCC1.Cl. The Morgan fingerprint density at radius 1 is 1.26 bits per heavy atom. The first-order valence-electron chi connectivity index (χ1n) is 8.21. The molecule has 23 heavy (non-hydrogen) atoms. The largest absolute Gasteiger partial charge is 0.346 e. The second-order valence-corrected chi connectivity index (χ2v) is 8.63. The maximum absolute atomic E-state index is 12.1. The number of hydrogen-bond donors (Lipinski definition) is 1. The van der Waals surface area contributed by atoms with Crippen molar-refractivity contribution in [2.75, 3.05) is 32.4 Å². The number of nitrogens with zero attached hydrogens (tertiary/aromatic N) is 2. The van der Waals surface area contributed by atoms with Crippen molar-refractivity contribution in [1.82, 2.24) is 9.21 Å². The smallest absolute Gasteiger partial charge is 0.222 e. The highest BCUT2D eigenvalue weighted by Crippen LogP contribution is 2.14. The van der Waals surface area contributed by atoms with Crippen molar-refractivity contribution in [3.63, 3.8) is 0 Å². The van der Waals surface area contributed by atoms with E-state index < -0.39 is 10.0 Å². The molecule has 0 radical (unpaired) electrons. The molecule has 1 heterocycles. The fourth-order valence-corrected chi connectivity index (χ4v) is 4.07. The van der Waals surface area contributed by atoms with Gasteiger partial charge in [-0.3, -0.25) is 4.79 Å². The molecule has 1 amide bonds. The van der Waals surface area contributed by atoms with Crippen LogP contribution in [0.2, 0.25) is 0 Å². The lowest BCUT2D eigenvalue weighted by molar-refractivity contribution is -0.130. The van der Waals surface area contributed by atoms with Gasteiger partial charge in [0.05, 0.1) is 5.75 Å². The number of halogens is 1. The number of nitrogens with two attached hydrogens (primary N) is 1. The molecule has 1 saturated heterocycles. The van der Waals surface area contributed by atoms with E-state index in [1.165, 1.54) is 0 Å². The maximum Gasteiger partial charge on any atom is 0.222 e. The minimum atomic E-state index is -3.18. The molecule has 6 nitrogen and oxygen atoms in total. The maximum atomic E-state index is 12.1. The lowest BCUT2D eigenvalue weighted by Crippen LogP contribution is -2.35. The quantitative estimate of drug-likeness (QED) is 0.666. The predicted octanol–water partition coefficient (Wildman–Crippen LogP) is 1.45. The summed E-state index contributed by atoms with van der Waals surface area (Å²) in [6.07, 6.45) is 3.32. The van der Waals surface area contributed by atoms with Crippen LogP contribution in [0.5, 0.6) is 0 Å². The minimum absolute atomic E-state index is 0. The number of hydrogen-bond acceptors (Lipinski definition) is 4. The highest BCUT2D eigenvalue weighted by atomic mass is 35.5. The minimum Gasteiger partial charge on any atom is -0.346 e. The molecule has 2 N–H and O–H groups in total. The molecular weight excluding hydrogens is 338 g/mol. The third kappa shape index (κ3) is 7.83. The first kappa shape index (κ1) is 22.6. The van der Waals surface area contributed by atoms with Crippen LogP contribution in [0.15, 0.2) is 0 Å². The molecule has 0 spiro atoms. The molecule has 1 atom stereocenters. The summed E-state index contributed by atoms with van der Waals surface area (Å²) in [6.45, 7) is 6.01. The van der Waals surface area contributed by atoms with E-state index in [1.807, 2.05) is 0 Å². The molecule has 1 rings (SSSR count). The van der Waals surface area contributed by atoms with Gasteiger partial charge in [-0.1, -0.05) is 13.8 Å². The van der Waals surface area contributed by atoms with E-state index in [9.17, 15) is 13.2 Å². The fraction of sp³-hybridized carbons (Fsp3) is 0.933. The van der Waals surface area contributed by atoms with Gasteiger partial charge in [0.2, 0.25) is 15.9 Å². The summed E-state index contributed by atoms with van der Waals surface area (Å²) in [5.74, 6) is 0.458. The normalized spacial score (nSPS) is 17.1. The Bertz CT molecular complexity index is 451. The van der Waals surface area contributed by atoms with Crippen molar-refractivity contribution in [1.29, 1.82) is 0 Å². The van der Waals surface area contributed by atoms with Gasteiger partial charge in [-0.2, -0.15) is 0 Å². The predicted molar refractivity (Wildman–Crippen MR) is 96.1 cm³/mol. The lowest BCUT2D eigenvalue weighted by atomic mass is 10.0. The number of carbonyl (C=O) groups excluding carboxylic acids is 1. The van der Waals surface area contributed by atoms with E-state index in [1.54, 1.807) is 16.3 Å². The van der Waals surface area contributed by atoms with Gasteiger partial charge in [-0.25, -0.2) is 12.7 Å². The zero-order chi connectivity index (χ0) is 16.8. The standard InChI is InChI=1S/C15H31N3O3S.ClH/c1-13(2)14(16)8-11-17(3)15(19)7-6-12-22(20,21)18-9-4-5-10-18;/h13-14H,4-12,16H2,1-3H3;1H. The first-order chi connectivity index (χ1) is 10.2. The monoisotopic (exact) mass is 369 g/mol. The summed E-state index contributed by atoms with van der Waals surface area (Å²) in [4.78, 5) is 13.7. The molecule has 0 aliphatic carbocycles. The van der Waals surface area contributed by atoms with Gasteiger partial charge in [0, 0.05) is 39.1 Å². The Balaban J connectivity index is 0.00000484. The molecule has 1 fully saturated rings. The van der Waals surface area contributed by atoms with Crippen molar-refractivity contribution < 1.29 is 13.2 Å². The van der Waals surface area contributed by atoms with Crippen LogP contribution in [0.4, 0.5) is 0 Å². The van der Waals surface area contributed by atoms with E-state index in [0.29, 0.717) is 32.0 Å². The van der Waals surface area contributed by atoms with Crippen LogP contribution in [0.1, 0.15) is 46.0 Å². The van der Waals surface area contributed by atoms with E-state index in [2.05, 4.69) is 13.8 Å². The molecule has 1 aliphatic rings. The average Bonchev–Trinajstić information content (AvgIpc) is 2.98. The Hall–Kier alpha value is -0.370. The Labute approximate surface area is 147 Å². The van der Waals surface area contributed by atoms with Crippen molar-refractivity contribution in [3.8, 4) is 0 Å². The third-order valence-corrected chi connectivity index (χ3v) is 6.29. The molecule has 8 heteroatoms. The summed E-state index contributed by atoms with van der Waals surface area (Å²) >= 11 is 0. The van der Waals surface area contributed by atoms with Crippen LogP contribution < -0.4 is 5.73 Å². The Morgan fingerprint density at radius 2 is 1.83 bits per heavy atom. The molecule has 0 aromatic heterocycles. The van der Waals surface area contributed by atoms with Gasteiger partial charge in [0.1, 0.15) is 0 Å². The topological polar surface area (TPSA) is 83.7 Å². The molecule has 0 bridgehead atoms. The summed E-state index contributed by atoms with van der Waals surface area (Å²) < 4.78 is 25.7. The van der Waals surface area contributed by atoms with E-state index in [-0.39, 0.29) is 36.5 Å². The van der Waals surface area contributed by atoms with Crippen molar-refractivity contribution >= 4 is 28.3 Å². The van der Waals surface area contributed by atoms with Crippen LogP contribution in [0.25, 0.3) is 0 Å². The number of amides is 1. The van der Waals surface area contributed by atoms with Gasteiger partial charge in [-0.05, 0) is 31.6 Å². The van der Waals surface area contributed by atoms with Crippen molar-refractivity contribution in [2.24, 2.45) is 11.7 Å². The molecule has 0 aromatic rings. The van der Waals surface area contributed by atoms with Gasteiger partial charge in [0.15, 0.2) is 0 Å². The van der Waals surface area contributed by atoms with Crippen LogP contribution in [-0.4, -0.2) is 62.0 Å². The summed E-state index contributed by atoms with van der Waals surface area (Å²) in [6, 6.07) is 0.0887. The molecule has 138 valence electrons. The van der Waals surface area contributed by atoms with Crippen molar-refractivity contribution in [2.45, 2.75) is 52.0 Å². The molecule has 1 unspecified atom stereocenters. The average molecular weight is 370 g/mol. The highest BCUT2D eigenvalue weighted by molar-refractivity contribution is 7.89. The van der Waals surface area contributed by atoms with E-state index >= 15 is 0 Å². The molecule has 1 aliphatic heterocycles. The summed E-state index contributed by atoms with van der Waals surface area (Å²) in [5, 5.41) is 0. The second-order valence-electron chi connectivity index (χ2n) is 6.54. The van der Waals surface area contributed by atoms with Crippen LogP contribution in [0.3, 0.4) is 0 Å². The van der Waals surface area contributed by atoms with Gasteiger partial charge in [0.25, 0.3) is 0 Å². The zero-order valence-electron chi connectivity index (χ0n) is 14.5. The van der Waals surface area contributed by atoms with E-state index in [0.717, 1.165) is 19.3 Å². The number of carbonyl (C=O) groups is 1. The Morgan fingerprint density at radius 3 is 2.35 bits per heavy atom. The molecular formula is C15H32ClN3O3S. The molecule has 0 aromatic carbocycles. The Kier molecular flexibility index (Phi) is 10.3. The second kappa shape index (κ2) is 10.5. The van der Waals surface area contributed by atoms with Crippen LogP contribution in [-0.2, 0) is 14.8 Å². The third-order valence-electron chi connectivity index (χ3n) is 4.33. The lowest BCUT2D eigenvalue weighted by Gasteiger charge is -2.22. The van der Waals surface area contributed by atoms with Gasteiger partial charge < -0.3 is 10.6 Å². The van der Waals surface area contributed by atoms with Crippen LogP contribution >= 0.6 is 12.4 Å². The van der Waals surface area contributed by atoms with E-state index in [4.69, 9.17) is 5.73 Å². The highest BCUT2D eigenvalue weighted by Gasteiger charge is 2.25. The first-order valence-corrected chi connectivity index (χ1v) is 9.82. The zero-order valence-corrected chi connectivity index (χ0v) is 16.2. The summed E-state index contributed by atoms with van der Waals surface area (Å²) in [7, 11) is -1.42. The van der Waals surface area contributed by atoms with Crippen molar-refractivity contribution in [3.05, 3.63) is 0 Å². The van der Waals surface area contributed by atoms with Crippen LogP contribution in [0, 0.1) is 5.92 Å². The molecule has 0 saturated carbocycles. The number of rotatable bonds is 9. The number of sulfonamides is 1. The van der Waals surface area contributed by atoms with Gasteiger partial charge >= 0.3 is 0 Å². The van der Waals surface area contributed by atoms with Gasteiger partial charge in [-0.15, -0.1) is 12.4 Å².